The van der Waals surface area contributed by atoms with E-state index in [0.717, 1.165) is 0 Å². The summed E-state index contributed by atoms with van der Waals surface area (Å²) in [6, 6.07) is 0. The van der Waals surface area contributed by atoms with Crippen LogP contribution in [0, 0.1) is 0 Å². The number of hydrogen-bond donors (Lipinski definition) is 0. The van der Waals surface area contributed by atoms with Crippen molar-refractivity contribution in [1.29, 1.82) is 0 Å². The van der Waals surface area contributed by atoms with E-state index in [1.807, 2.05) is 18.6 Å². The maximum absolute atomic E-state index is 4.05. The van der Waals surface area contributed by atoms with E-state index in [9.17, 15) is 0 Å². The van der Waals surface area contributed by atoms with Crippen molar-refractivity contribution in [1.82, 2.24) is 4.31 Å². The van der Waals surface area contributed by atoms with Gasteiger partial charge in [-0.15, -0.1) is 11.8 Å². The van der Waals surface area contributed by atoms with Gasteiger partial charge >= 0.3 is 0 Å². The van der Waals surface area contributed by atoms with Crippen LogP contribution in [-0.2, 0) is 0 Å². The van der Waals surface area contributed by atoms with E-state index in [4.69, 9.17) is 0 Å². The zero-order chi connectivity index (χ0) is 7.40. The van der Waals surface area contributed by atoms with Crippen molar-refractivity contribution in [2.75, 3.05) is 12.5 Å². The molecule has 0 radical (unpaired) electrons. The van der Waals surface area contributed by atoms with Crippen molar-refractivity contribution in [2.45, 2.75) is 5.37 Å². The van der Waals surface area contributed by atoms with Crippen molar-refractivity contribution in [3.8, 4) is 0 Å². The summed E-state index contributed by atoms with van der Waals surface area (Å²) in [6.07, 6.45) is 9.89. The summed E-state index contributed by atoms with van der Waals surface area (Å²) in [5, 5.41) is 0.403. The monoisotopic (exact) mass is 174 g/mol. The molecule has 10 heavy (non-hydrogen) atoms. The van der Waals surface area contributed by atoms with Crippen molar-refractivity contribution < 1.29 is 0 Å². The Labute approximate surface area is 69.9 Å². The Bertz CT molecular complexity index is 138. The lowest BCUT2D eigenvalue weighted by Crippen LogP contribution is -2.24. The molecular weight excluding hydrogens is 164 g/mol. The Morgan fingerprint density at radius 2 is 2.30 bits per heavy atom. The molecule has 0 aromatic carbocycles. The Balaban J connectivity index is 2.55. The predicted octanol–water partition coefficient (Wildman–Crippen LogP) is 1.81. The molecule has 1 unspecified atom stereocenters. The van der Waals surface area contributed by atoms with Crippen molar-refractivity contribution in [2.24, 2.45) is 4.99 Å². The van der Waals surface area contributed by atoms with Crippen molar-refractivity contribution in [3.05, 3.63) is 12.4 Å². The van der Waals surface area contributed by atoms with Gasteiger partial charge in [0.25, 0.3) is 0 Å². The zero-order valence-electron chi connectivity index (χ0n) is 6.02. The Morgan fingerprint density at radius 3 is 2.80 bits per heavy atom. The highest BCUT2D eigenvalue weighted by molar-refractivity contribution is 8.01. The molecule has 0 aromatic rings. The van der Waals surface area contributed by atoms with Gasteiger partial charge in [0, 0.05) is 24.9 Å². The third-order valence-corrected chi connectivity index (χ3v) is 2.95. The molecule has 1 heterocycles. The lowest BCUT2D eigenvalue weighted by atomic mass is 10.6. The smallest absolute Gasteiger partial charge is 0.120 e. The van der Waals surface area contributed by atoms with Crippen LogP contribution >= 0.6 is 23.7 Å². The van der Waals surface area contributed by atoms with Crippen LogP contribution in [0.15, 0.2) is 17.4 Å². The van der Waals surface area contributed by atoms with Gasteiger partial charge in [-0.2, -0.15) is 0 Å². The van der Waals surface area contributed by atoms with Gasteiger partial charge in [-0.3, -0.25) is 4.99 Å². The number of hydrogen-bond acceptors (Lipinski definition) is 4. The Hall–Kier alpha value is -0.0900. The van der Waals surface area contributed by atoms with Gasteiger partial charge in [0.2, 0.25) is 0 Å². The Morgan fingerprint density at radius 1 is 1.50 bits per heavy atom. The molecule has 56 valence electrons. The van der Waals surface area contributed by atoms with Gasteiger partial charge in [-0.25, -0.2) is 0 Å². The topological polar surface area (TPSA) is 15.6 Å². The third-order valence-electron chi connectivity index (χ3n) is 1.22. The third kappa shape index (κ3) is 1.70. The van der Waals surface area contributed by atoms with Crippen molar-refractivity contribution >= 4 is 29.9 Å². The molecule has 1 aliphatic heterocycles. The number of rotatable bonds is 2. The highest BCUT2D eigenvalue weighted by Gasteiger charge is 2.11. The normalized spacial score (nSPS) is 23.8. The van der Waals surface area contributed by atoms with Gasteiger partial charge in [-0.05, 0) is 6.26 Å². The molecule has 1 atom stereocenters. The Kier molecular flexibility index (Phi) is 3.15. The molecule has 0 saturated carbocycles. The molecular formula is C6H10N2S2. The van der Waals surface area contributed by atoms with Crippen LogP contribution in [-0.4, -0.2) is 28.4 Å². The van der Waals surface area contributed by atoms with Gasteiger partial charge in [0.05, 0.1) is 0 Å². The summed E-state index contributed by atoms with van der Waals surface area (Å²) in [7, 11) is 0. The van der Waals surface area contributed by atoms with E-state index in [1.54, 1.807) is 23.7 Å². The fraction of sp³-hybridized carbons (Fsp3) is 0.500. The van der Waals surface area contributed by atoms with E-state index in [-0.39, 0.29) is 0 Å². The second-order valence-corrected chi connectivity index (χ2v) is 3.51. The van der Waals surface area contributed by atoms with Gasteiger partial charge in [0.15, 0.2) is 0 Å². The first-order chi connectivity index (χ1) is 4.88. The van der Waals surface area contributed by atoms with Gasteiger partial charge in [-0.1, -0.05) is 11.9 Å². The molecule has 1 aliphatic rings. The molecule has 1 rings (SSSR count). The molecule has 4 heteroatoms. The molecule has 0 spiro atoms. The van der Waals surface area contributed by atoms with E-state index < -0.39 is 0 Å². The number of aliphatic imine (C=N–C) groups is 1. The first-order valence-corrected chi connectivity index (χ1v) is 5.40. The summed E-state index contributed by atoms with van der Waals surface area (Å²) in [6.45, 7) is 0. The second-order valence-electron chi connectivity index (χ2n) is 1.77. The van der Waals surface area contributed by atoms with Gasteiger partial charge < -0.3 is 4.31 Å². The fourth-order valence-electron chi connectivity index (χ4n) is 0.708. The number of nitrogens with zero attached hydrogens (tertiary/aromatic N) is 2. The number of thioether (sulfide) groups is 1. The minimum absolute atomic E-state index is 0.403. The first-order valence-electron chi connectivity index (χ1n) is 2.93. The van der Waals surface area contributed by atoms with E-state index in [2.05, 4.69) is 21.8 Å². The zero-order valence-corrected chi connectivity index (χ0v) is 7.65. The minimum Gasteiger partial charge on any atom is -0.304 e. The highest BCUT2D eigenvalue weighted by atomic mass is 32.2. The average Bonchev–Trinajstić information content (AvgIpc) is 2.04. The van der Waals surface area contributed by atoms with Crippen LogP contribution in [0.5, 0.6) is 0 Å². The molecule has 0 N–H and O–H groups in total. The molecule has 0 aliphatic carbocycles. The van der Waals surface area contributed by atoms with E-state index in [1.165, 1.54) is 0 Å². The van der Waals surface area contributed by atoms with Crippen LogP contribution in [0.3, 0.4) is 0 Å². The quantitative estimate of drug-likeness (QED) is 0.594. The minimum atomic E-state index is 0.403. The molecule has 0 bridgehead atoms. The summed E-state index contributed by atoms with van der Waals surface area (Å²) in [4.78, 5) is 4.05. The molecule has 0 fully saturated rings. The standard InChI is InChI=1S/C6H10N2S2/c1-9-6-5-7-3-4-8(6)10-2/h3-6H,1-2H3. The van der Waals surface area contributed by atoms with Gasteiger partial charge in [0.1, 0.15) is 5.37 Å². The van der Waals surface area contributed by atoms with E-state index >= 15 is 0 Å². The SMILES string of the molecule is CSC1C=NC=CN1SC. The maximum atomic E-state index is 4.05. The molecule has 2 nitrogen and oxygen atoms in total. The largest absolute Gasteiger partial charge is 0.304 e. The van der Waals surface area contributed by atoms with Crippen LogP contribution in [0.25, 0.3) is 0 Å². The van der Waals surface area contributed by atoms with Crippen LogP contribution < -0.4 is 0 Å². The molecule has 0 saturated heterocycles. The lowest BCUT2D eigenvalue weighted by Gasteiger charge is -2.24. The second kappa shape index (κ2) is 3.93. The predicted molar refractivity (Wildman–Crippen MR) is 50.3 cm³/mol. The van der Waals surface area contributed by atoms with Crippen LogP contribution in [0.1, 0.15) is 0 Å². The summed E-state index contributed by atoms with van der Waals surface area (Å²) >= 11 is 3.50. The summed E-state index contributed by atoms with van der Waals surface area (Å²) in [5.74, 6) is 0. The fourth-order valence-corrected chi connectivity index (χ4v) is 2.13. The molecule has 0 amide bonds. The van der Waals surface area contributed by atoms with Crippen molar-refractivity contribution in [3.63, 3.8) is 0 Å². The summed E-state index contributed by atoms with van der Waals surface area (Å²) in [5.41, 5.74) is 0. The van der Waals surface area contributed by atoms with Crippen LogP contribution in [0.2, 0.25) is 0 Å². The van der Waals surface area contributed by atoms with Crippen LogP contribution in [0.4, 0.5) is 0 Å². The highest BCUT2D eigenvalue weighted by Crippen LogP contribution is 2.20. The first kappa shape index (κ1) is 8.01. The van der Waals surface area contributed by atoms with E-state index in [0.29, 0.717) is 5.37 Å². The summed E-state index contributed by atoms with van der Waals surface area (Å²) < 4.78 is 2.16. The molecule has 0 aromatic heterocycles. The average molecular weight is 174 g/mol. The maximum Gasteiger partial charge on any atom is 0.120 e. The lowest BCUT2D eigenvalue weighted by molar-refractivity contribution is 0.679.